The molecule has 0 aliphatic heterocycles. The zero-order valence-corrected chi connectivity index (χ0v) is 9.86. The van der Waals surface area contributed by atoms with Crippen LogP contribution in [0.5, 0.6) is 0 Å². The van der Waals surface area contributed by atoms with Gasteiger partial charge in [-0.15, -0.1) is 11.8 Å². The number of anilines is 3. The second kappa shape index (κ2) is 4.55. The van der Waals surface area contributed by atoms with Crippen molar-refractivity contribution < 1.29 is 0 Å². The molecule has 1 heterocycles. The Bertz CT molecular complexity index is 453. The highest BCUT2D eigenvalue weighted by molar-refractivity contribution is 7.98. The summed E-state index contributed by atoms with van der Waals surface area (Å²) in [5.74, 6) is 0. The molecule has 0 fully saturated rings. The first-order valence-corrected chi connectivity index (χ1v) is 6.44. The molecule has 0 atom stereocenters. The number of hydrogen-bond donors (Lipinski definition) is 2. The molecule has 78 valence electrons. The third kappa shape index (κ3) is 2.64. The first-order chi connectivity index (χ1) is 7.28. The molecule has 2 aromatic rings. The number of thioether (sulfide) groups is 1. The third-order valence-electron chi connectivity index (χ3n) is 1.84. The first-order valence-electron chi connectivity index (χ1n) is 4.40. The molecule has 5 heteroatoms. The lowest BCUT2D eigenvalue weighted by atomic mass is 10.3. The monoisotopic (exact) mass is 237 g/mol. The minimum Gasteiger partial charge on any atom is -0.389 e. The number of rotatable bonds is 3. The molecular formula is C10H11N3S2. The third-order valence-corrected chi connectivity index (χ3v) is 3.31. The molecule has 0 aliphatic carbocycles. The van der Waals surface area contributed by atoms with Gasteiger partial charge in [-0.25, -0.2) is 4.98 Å². The molecule has 15 heavy (non-hydrogen) atoms. The van der Waals surface area contributed by atoms with E-state index < -0.39 is 0 Å². The number of nitrogens with one attached hydrogen (secondary N) is 1. The van der Waals surface area contributed by atoms with Gasteiger partial charge in [0.05, 0.1) is 6.20 Å². The van der Waals surface area contributed by atoms with Crippen molar-refractivity contribution in [2.75, 3.05) is 17.3 Å². The van der Waals surface area contributed by atoms with E-state index in [-0.39, 0.29) is 0 Å². The topological polar surface area (TPSA) is 50.9 Å². The van der Waals surface area contributed by atoms with Gasteiger partial charge >= 0.3 is 0 Å². The van der Waals surface area contributed by atoms with Crippen LogP contribution in [0.1, 0.15) is 0 Å². The fraction of sp³-hybridized carbons (Fsp3) is 0.100. The maximum atomic E-state index is 5.60. The van der Waals surface area contributed by atoms with Gasteiger partial charge in [0.25, 0.3) is 0 Å². The molecule has 0 saturated heterocycles. The molecular weight excluding hydrogens is 226 g/mol. The molecule has 2 rings (SSSR count). The lowest BCUT2D eigenvalue weighted by molar-refractivity contribution is 1.37. The number of hydrogen-bond acceptors (Lipinski definition) is 5. The summed E-state index contributed by atoms with van der Waals surface area (Å²) >= 11 is 3.16. The molecule has 3 nitrogen and oxygen atoms in total. The fourth-order valence-corrected chi connectivity index (χ4v) is 2.23. The second-order valence-corrected chi connectivity index (χ2v) is 4.87. The minimum atomic E-state index is 0.721. The number of nitrogens with two attached hydrogens (primary N) is 1. The van der Waals surface area contributed by atoms with Gasteiger partial charge in [0.1, 0.15) is 5.00 Å². The standard InChI is InChI=1S/C10H11N3S2/c1-14-8-4-2-3-7(5-8)13-10-12-6-9(11)15-10/h2-6H,11H2,1H3,(H,12,13). The summed E-state index contributed by atoms with van der Waals surface area (Å²) in [6.45, 7) is 0. The summed E-state index contributed by atoms with van der Waals surface area (Å²) in [6.07, 6.45) is 3.71. The number of benzene rings is 1. The van der Waals surface area contributed by atoms with Gasteiger partial charge in [-0.3, -0.25) is 0 Å². The van der Waals surface area contributed by atoms with Crippen molar-refractivity contribution in [1.29, 1.82) is 0 Å². The molecule has 0 radical (unpaired) electrons. The molecule has 0 amide bonds. The van der Waals surface area contributed by atoms with Crippen LogP contribution in [-0.4, -0.2) is 11.2 Å². The summed E-state index contributed by atoms with van der Waals surface area (Å²) in [5.41, 5.74) is 6.64. The van der Waals surface area contributed by atoms with Crippen LogP contribution >= 0.6 is 23.1 Å². The summed E-state index contributed by atoms with van der Waals surface area (Å²) in [6, 6.07) is 8.19. The summed E-state index contributed by atoms with van der Waals surface area (Å²) in [7, 11) is 0. The fourth-order valence-electron chi connectivity index (χ4n) is 1.17. The van der Waals surface area contributed by atoms with Gasteiger partial charge in [0.15, 0.2) is 5.13 Å². The Hall–Kier alpha value is -1.20. The van der Waals surface area contributed by atoms with Crippen molar-refractivity contribution in [3.8, 4) is 0 Å². The van der Waals surface area contributed by atoms with Crippen LogP contribution in [0.2, 0.25) is 0 Å². The Kier molecular flexibility index (Phi) is 3.13. The Morgan fingerprint density at radius 3 is 3.00 bits per heavy atom. The molecule has 0 spiro atoms. The summed E-state index contributed by atoms with van der Waals surface area (Å²) < 4.78 is 0. The SMILES string of the molecule is CSc1cccc(Nc2ncc(N)s2)c1. The highest BCUT2D eigenvalue weighted by Crippen LogP contribution is 2.25. The highest BCUT2D eigenvalue weighted by atomic mass is 32.2. The van der Waals surface area contributed by atoms with Gasteiger partial charge in [-0.05, 0) is 24.5 Å². The van der Waals surface area contributed by atoms with Crippen LogP contribution in [0.15, 0.2) is 35.4 Å². The molecule has 1 aromatic carbocycles. The predicted octanol–water partition coefficient (Wildman–Crippen LogP) is 3.19. The second-order valence-electron chi connectivity index (χ2n) is 2.92. The van der Waals surface area contributed by atoms with Gasteiger partial charge in [-0.1, -0.05) is 17.4 Å². The van der Waals surface area contributed by atoms with Crippen LogP contribution < -0.4 is 11.1 Å². The molecule has 0 saturated carbocycles. The number of nitrogen functional groups attached to an aromatic ring is 1. The van der Waals surface area contributed by atoms with Crippen LogP contribution in [0.25, 0.3) is 0 Å². The highest BCUT2D eigenvalue weighted by Gasteiger charge is 1.99. The van der Waals surface area contributed by atoms with Crippen molar-refractivity contribution in [2.45, 2.75) is 4.90 Å². The summed E-state index contributed by atoms with van der Waals surface area (Å²) in [5, 5.41) is 4.76. The lowest BCUT2D eigenvalue weighted by Gasteiger charge is -2.03. The van der Waals surface area contributed by atoms with E-state index in [1.54, 1.807) is 18.0 Å². The normalized spacial score (nSPS) is 10.2. The van der Waals surface area contributed by atoms with Crippen molar-refractivity contribution in [1.82, 2.24) is 4.98 Å². The molecule has 0 bridgehead atoms. The Morgan fingerprint density at radius 2 is 2.33 bits per heavy atom. The predicted molar refractivity (Wildman–Crippen MR) is 68.0 cm³/mol. The van der Waals surface area contributed by atoms with Gasteiger partial charge in [-0.2, -0.15) is 0 Å². The lowest BCUT2D eigenvalue weighted by Crippen LogP contribution is -1.88. The minimum absolute atomic E-state index is 0.721. The van der Waals surface area contributed by atoms with E-state index in [4.69, 9.17) is 5.73 Å². The van der Waals surface area contributed by atoms with Crippen molar-refractivity contribution in [3.05, 3.63) is 30.5 Å². The number of thiazole rings is 1. The Balaban J connectivity index is 2.16. The number of aromatic nitrogens is 1. The average Bonchev–Trinajstić information content (AvgIpc) is 2.64. The summed E-state index contributed by atoms with van der Waals surface area (Å²) in [4.78, 5) is 5.37. The van der Waals surface area contributed by atoms with Crippen molar-refractivity contribution in [3.63, 3.8) is 0 Å². The largest absolute Gasteiger partial charge is 0.389 e. The maximum Gasteiger partial charge on any atom is 0.189 e. The zero-order chi connectivity index (χ0) is 10.7. The van der Waals surface area contributed by atoms with E-state index in [1.807, 2.05) is 12.1 Å². The van der Waals surface area contributed by atoms with Gasteiger partial charge in [0.2, 0.25) is 0 Å². The van der Waals surface area contributed by atoms with Crippen LogP contribution in [0, 0.1) is 0 Å². The van der Waals surface area contributed by atoms with Crippen LogP contribution in [-0.2, 0) is 0 Å². The van der Waals surface area contributed by atoms with Crippen LogP contribution in [0.4, 0.5) is 15.8 Å². The van der Waals surface area contributed by atoms with Crippen molar-refractivity contribution >= 4 is 38.9 Å². The van der Waals surface area contributed by atoms with E-state index in [9.17, 15) is 0 Å². The van der Waals surface area contributed by atoms with Crippen LogP contribution in [0.3, 0.4) is 0 Å². The average molecular weight is 237 g/mol. The van der Waals surface area contributed by atoms with E-state index >= 15 is 0 Å². The van der Waals surface area contributed by atoms with E-state index in [0.29, 0.717) is 0 Å². The number of nitrogens with zero attached hydrogens (tertiary/aromatic N) is 1. The molecule has 1 aromatic heterocycles. The van der Waals surface area contributed by atoms with Gasteiger partial charge < -0.3 is 11.1 Å². The Morgan fingerprint density at radius 1 is 1.47 bits per heavy atom. The Labute approximate surface area is 96.7 Å². The van der Waals surface area contributed by atoms with E-state index in [1.165, 1.54) is 16.2 Å². The van der Waals surface area contributed by atoms with E-state index in [0.717, 1.165) is 15.8 Å². The van der Waals surface area contributed by atoms with Crippen molar-refractivity contribution in [2.24, 2.45) is 0 Å². The molecule has 0 unspecified atom stereocenters. The first kappa shape index (κ1) is 10.3. The molecule has 3 N–H and O–H groups in total. The van der Waals surface area contributed by atoms with Gasteiger partial charge in [0, 0.05) is 10.6 Å². The smallest absolute Gasteiger partial charge is 0.189 e. The zero-order valence-electron chi connectivity index (χ0n) is 8.23. The quantitative estimate of drug-likeness (QED) is 0.805. The maximum absolute atomic E-state index is 5.60. The molecule has 0 aliphatic rings. The van der Waals surface area contributed by atoms with E-state index in [2.05, 4.69) is 28.7 Å².